The van der Waals surface area contributed by atoms with Crippen LogP contribution >= 0.6 is 0 Å². The lowest BCUT2D eigenvalue weighted by atomic mass is 10.0. The fraction of sp³-hybridized carbons (Fsp3) is 0.467. The molecule has 0 bridgehead atoms. The summed E-state index contributed by atoms with van der Waals surface area (Å²) >= 11 is 0. The molecule has 2 amide bonds. The third-order valence-electron chi connectivity index (χ3n) is 3.39. The molecule has 1 rings (SSSR count). The van der Waals surface area contributed by atoms with Gasteiger partial charge in [-0.05, 0) is 31.5 Å². The third-order valence-corrected chi connectivity index (χ3v) is 3.39. The Bertz CT molecular complexity index is 561. The van der Waals surface area contributed by atoms with Crippen LogP contribution in [0.2, 0.25) is 0 Å². The summed E-state index contributed by atoms with van der Waals surface area (Å²) in [5.74, 6) is -0.414. The summed E-state index contributed by atoms with van der Waals surface area (Å²) in [6.45, 7) is 3.35. The minimum atomic E-state index is -4.44. The molecular weight excluding hydrogens is 313 g/mol. The van der Waals surface area contributed by atoms with E-state index in [1.807, 2.05) is 0 Å². The molecular formula is C15H19F3N2O3. The summed E-state index contributed by atoms with van der Waals surface area (Å²) in [4.78, 5) is 24.5. The lowest BCUT2D eigenvalue weighted by Gasteiger charge is -2.29. The topological polar surface area (TPSA) is 58.6 Å². The van der Waals surface area contributed by atoms with E-state index in [0.717, 1.165) is 12.1 Å². The van der Waals surface area contributed by atoms with E-state index in [9.17, 15) is 22.8 Å². The first-order valence-electron chi connectivity index (χ1n) is 6.99. The van der Waals surface area contributed by atoms with Gasteiger partial charge in [-0.15, -0.1) is 0 Å². The van der Waals surface area contributed by atoms with Crippen LogP contribution in [0.3, 0.4) is 0 Å². The summed E-state index contributed by atoms with van der Waals surface area (Å²) < 4.78 is 42.7. The van der Waals surface area contributed by atoms with Gasteiger partial charge in [-0.2, -0.15) is 13.2 Å². The normalized spacial score (nSPS) is 12.4. The van der Waals surface area contributed by atoms with E-state index in [2.05, 4.69) is 10.1 Å². The average Bonchev–Trinajstić information content (AvgIpc) is 2.52. The first-order valence-corrected chi connectivity index (χ1v) is 6.99. The molecule has 8 heteroatoms. The Labute approximate surface area is 132 Å². The van der Waals surface area contributed by atoms with E-state index < -0.39 is 29.8 Å². The molecule has 0 radical (unpaired) electrons. The molecule has 0 heterocycles. The predicted molar refractivity (Wildman–Crippen MR) is 77.7 cm³/mol. The molecule has 0 aromatic heterocycles. The number of benzene rings is 1. The van der Waals surface area contributed by atoms with Gasteiger partial charge in [-0.1, -0.05) is 12.1 Å². The SMILES string of the molecule is CCN(C(=O)CNC(=O)OC)[C@H](C)c1cccc(C(F)(F)F)c1. The van der Waals surface area contributed by atoms with Crippen molar-refractivity contribution in [2.45, 2.75) is 26.1 Å². The third kappa shape index (κ3) is 5.15. The number of carbonyl (C=O) groups is 2. The fourth-order valence-corrected chi connectivity index (χ4v) is 2.14. The van der Waals surface area contributed by atoms with Gasteiger partial charge in [0.05, 0.1) is 18.7 Å². The number of methoxy groups -OCH3 is 1. The quantitative estimate of drug-likeness (QED) is 0.902. The highest BCUT2D eigenvalue weighted by Crippen LogP contribution is 2.31. The van der Waals surface area contributed by atoms with Gasteiger partial charge >= 0.3 is 12.3 Å². The van der Waals surface area contributed by atoms with Crippen LogP contribution in [0, 0.1) is 0 Å². The average molecular weight is 332 g/mol. The second-order valence-electron chi connectivity index (χ2n) is 4.82. The Morgan fingerprint density at radius 2 is 2.00 bits per heavy atom. The summed E-state index contributed by atoms with van der Waals surface area (Å²) in [5, 5.41) is 2.26. The number of halogens is 3. The van der Waals surface area contributed by atoms with Crippen LogP contribution in [0.4, 0.5) is 18.0 Å². The molecule has 1 atom stereocenters. The van der Waals surface area contributed by atoms with E-state index in [0.29, 0.717) is 12.1 Å². The number of nitrogens with one attached hydrogen (secondary N) is 1. The molecule has 1 aromatic rings. The maximum atomic E-state index is 12.8. The number of ether oxygens (including phenoxy) is 1. The maximum absolute atomic E-state index is 12.8. The van der Waals surface area contributed by atoms with Crippen molar-refractivity contribution in [2.24, 2.45) is 0 Å². The lowest BCUT2D eigenvalue weighted by molar-refractivity contribution is -0.137. The maximum Gasteiger partial charge on any atom is 0.416 e. The molecule has 0 aliphatic rings. The summed E-state index contributed by atoms with van der Waals surface area (Å²) in [5.41, 5.74) is -0.397. The van der Waals surface area contributed by atoms with Crippen molar-refractivity contribution in [3.63, 3.8) is 0 Å². The number of rotatable bonds is 5. The van der Waals surface area contributed by atoms with Crippen LogP contribution in [0.5, 0.6) is 0 Å². The minimum absolute atomic E-state index is 0.288. The van der Waals surface area contributed by atoms with Crippen molar-refractivity contribution in [3.8, 4) is 0 Å². The van der Waals surface area contributed by atoms with Crippen LogP contribution in [0.25, 0.3) is 0 Å². The highest BCUT2D eigenvalue weighted by Gasteiger charge is 2.31. The zero-order chi connectivity index (χ0) is 17.6. The van der Waals surface area contributed by atoms with Gasteiger partial charge in [-0.3, -0.25) is 4.79 Å². The molecule has 1 N–H and O–H groups in total. The van der Waals surface area contributed by atoms with E-state index in [1.165, 1.54) is 24.1 Å². The van der Waals surface area contributed by atoms with E-state index in [-0.39, 0.29) is 6.54 Å². The smallest absolute Gasteiger partial charge is 0.416 e. The molecule has 0 saturated heterocycles. The van der Waals surface area contributed by atoms with Crippen molar-refractivity contribution in [2.75, 3.05) is 20.2 Å². The summed E-state index contributed by atoms with van der Waals surface area (Å²) in [6.07, 6.45) is -5.19. The Morgan fingerprint density at radius 3 is 2.52 bits per heavy atom. The Hall–Kier alpha value is -2.25. The van der Waals surface area contributed by atoms with Crippen molar-refractivity contribution in [3.05, 3.63) is 35.4 Å². The van der Waals surface area contributed by atoms with Crippen molar-refractivity contribution >= 4 is 12.0 Å². The van der Waals surface area contributed by atoms with Crippen LogP contribution in [-0.2, 0) is 15.7 Å². The van der Waals surface area contributed by atoms with Crippen molar-refractivity contribution in [1.82, 2.24) is 10.2 Å². The summed E-state index contributed by atoms with van der Waals surface area (Å²) in [6, 6.07) is 4.28. The highest BCUT2D eigenvalue weighted by molar-refractivity contribution is 5.82. The van der Waals surface area contributed by atoms with Crippen molar-refractivity contribution in [1.29, 1.82) is 0 Å². The molecule has 0 aliphatic heterocycles. The molecule has 1 aromatic carbocycles. The molecule has 128 valence electrons. The van der Waals surface area contributed by atoms with Gasteiger partial charge in [0.15, 0.2) is 0 Å². The number of alkyl carbamates (subject to hydrolysis) is 1. The number of hydrogen-bond acceptors (Lipinski definition) is 3. The Kier molecular flexibility index (Phi) is 6.41. The Morgan fingerprint density at radius 1 is 1.35 bits per heavy atom. The monoisotopic (exact) mass is 332 g/mol. The van der Waals surface area contributed by atoms with Gasteiger partial charge < -0.3 is 15.0 Å². The zero-order valence-corrected chi connectivity index (χ0v) is 13.1. The molecule has 0 aliphatic carbocycles. The molecule has 0 saturated carbocycles. The van der Waals surface area contributed by atoms with E-state index in [4.69, 9.17) is 0 Å². The second-order valence-corrected chi connectivity index (χ2v) is 4.82. The first kappa shape index (κ1) is 18.8. The molecule has 0 fully saturated rings. The molecule has 0 spiro atoms. The Balaban J connectivity index is 2.90. The fourth-order valence-electron chi connectivity index (χ4n) is 2.14. The van der Waals surface area contributed by atoms with Gasteiger partial charge in [-0.25, -0.2) is 4.79 Å². The second kappa shape index (κ2) is 7.85. The number of nitrogens with zero attached hydrogens (tertiary/aromatic N) is 1. The molecule has 0 unspecified atom stereocenters. The van der Waals surface area contributed by atoms with Crippen molar-refractivity contribution < 1.29 is 27.5 Å². The van der Waals surface area contributed by atoms with E-state index in [1.54, 1.807) is 13.8 Å². The van der Waals surface area contributed by atoms with Gasteiger partial charge in [0.1, 0.15) is 6.54 Å². The molecule has 23 heavy (non-hydrogen) atoms. The highest BCUT2D eigenvalue weighted by atomic mass is 19.4. The van der Waals surface area contributed by atoms with Crippen LogP contribution in [0.15, 0.2) is 24.3 Å². The standard InChI is InChI=1S/C15H19F3N2O3/c1-4-20(13(21)9-19-14(22)23-3)10(2)11-6-5-7-12(8-11)15(16,17)18/h5-8,10H,4,9H2,1-3H3,(H,19,22)/t10-/m1/s1. The predicted octanol–water partition coefficient (Wildman–Crippen LogP) is 2.97. The molecule has 5 nitrogen and oxygen atoms in total. The number of carbonyl (C=O) groups excluding carboxylic acids is 2. The van der Waals surface area contributed by atoms with Crippen LogP contribution in [0.1, 0.15) is 31.0 Å². The van der Waals surface area contributed by atoms with Gasteiger partial charge in [0.25, 0.3) is 0 Å². The number of alkyl halides is 3. The lowest BCUT2D eigenvalue weighted by Crippen LogP contribution is -2.41. The van der Waals surface area contributed by atoms with Crippen LogP contribution in [-0.4, -0.2) is 37.1 Å². The largest absolute Gasteiger partial charge is 0.453 e. The number of amides is 2. The number of likely N-dealkylation sites (N-methyl/N-ethyl adjacent to an activating group) is 1. The van der Waals surface area contributed by atoms with Gasteiger partial charge in [0, 0.05) is 6.54 Å². The number of hydrogen-bond donors (Lipinski definition) is 1. The minimum Gasteiger partial charge on any atom is -0.453 e. The van der Waals surface area contributed by atoms with E-state index >= 15 is 0 Å². The zero-order valence-electron chi connectivity index (χ0n) is 13.1. The van der Waals surface area contributed by atoms with Gasteiger partial charge in [0.2, 0.25) is 5.91 Å². The first-order chi connectivity index (χ1) is 10.7. The van der Waals surface area contributed by atoms with Crippen LogP contribution < -0.4 is 5.32 Å². The summed E-state index contributed by atoms with van der Waals surface area (Å²) in [7, 11) is 1.17.